The van der Waals surface area contributed by atoms with Crippen LogP contribution < -0.4 is 5.56 Å². The normalized spacial score (nSPS) is 11.3. The number of nitrogens with zero attached hydrogens (tertiary/aromatic N) is 3. The van der Waals surface area contributed by atoms with Gasteiger partial charge in [-0.15, -0.1) is 11.3 Å². The quantitative estimate of drug-likeness (QED) is 0.558. The Morgan fingerprint density at radius 1 is 1.04 bits per heavy atom. The summed E-state index contributed by atoms with van der Waals surface area (Å²) in [5, 5.41) is 12.1. The fourth-order valence-electron chi connectivity index (χ4n) is 3.23. The van der Waals surface area contributed by atoms with E-state index < -0.39 is 5.41 Å². The second kappa shape index (κ2) is 6.58. The van der Waals surface area contributed by atoms with E-state index in [1.54, 1.807) is 6.20 Å². The van der Waals surface area contributed by atoms with Crippen LogP contribution in [0.4, 0.5) is 0 Å². The van der Waals surface area contributed by atoms with Crippen molar-refractivity contribution in [2.24, 2.45) is 0 Å². The molecule has 2 aromatic heterocycles. The first kappa shape index (κ1) is 16.2. The van der Waals surface area contributed by atoms with Crippen molar-refractivity contribution in [3.63, 3.8) is 0 Å². The van der Waals surface area contributed by atoms with Gasteiger partial charge in [0.15, 0.2) is 4.96 Å². The average Bonchev–Trinajstić information content (AvgIpc) is 3.17. The lowest BCUT2D eigenvalue weighted by Crippen LogP contribution is -2.30. The summed E-state index contributed by atoms with van der Waals surface area (Å²) >= 11 is 1.41. The van der Waals surface area contributed by atoms with Crippen molar-refractivity contribution in [3.05, 3.63) is 105 Å². The fourth-order valence-corrected chi connectivity index (χ4v) is 3.97. The standard InChI is InChI=1S/C21H15N3OS/c22-15-21(16-7-3-1-4-8-16,17-9-5-2-6-10-17)14-18-13-19(25)24-11-12-26-20(24)23-18/h1-13H,14H2. The SMILES string of the molecule is N#CC(Cc1cc(=O)n2ccsc2n1)(c1ccccc1)c1ccccc1. The van der Waals surface area contributed by atoms with Gasteiger partial charge >= 0.3 is 0 Å². The van der Waals surface area contributed by atoms with Gasteiger partial charge < -0.3 is 0 Å². The Morgan fingerprint density at radius 2 is 1.65 bits per heavy atom. The zero-order chi connectivity index (χ0) is 18.0. The molecule has 2 heterocycles. The Bertz CT molecular complexity index is 1100. The predicted octanol–water partition coefficient (Wildman–Crippen LogP) is 3.81. The summed E-state index contributed by atoms with van der Waals surface area (Å²) in [7, 11) is 0. The van der Waals surface area contributed by atoms with Gasteiger partial charge in [-0.1, -0.05) is 60.7 Å². The van der Waals surface area contributed by atoms with Crippen LogP contribution in [0.3, 0.4) is 0 Å². The lowest BCUT2D eigenvalue weighted by atomic mass is 9.72. The molecular formula is C21H15N3OS. The van der Waals surface area contributed by atoms with Crippen molar-refractivity contribution in [3.8, 4) is 6.07 Å². The molecule has 2 aromatic carbocycles. The molecule has 4 aromatic rings. The monoisotopic (exact) mass is 357 g/mol. The van der Waals surface area contributed by atoms with Crippen molar-refractivity contribution in [1.82, 2.24) is 9.38 Å². The average molecular weight is 357 g/mol. The minimum Gasteiger partial charge on any atom is -0.269 e. The van der Waals surface area contributed by atoms with Crippen LogP contribution in [0.25, 0.3) is 4.96 Å². The van der Waals surface area contributed by atoms with Gasteiger partial charge in [0.2, 0.25) is 0 Å². The van der Waals surface area contributed by atoms with Crippen LogP contribution in [0.1, 0.15) is 16.8 Å². The molecule has 0 amide bonds. The van der Waals surface area contributed by atoms with Gasteiger partial charge in [-0.25, -0.2) is 4.98 Å². The Labute approximate surface area is 154 Å². The molecule has 26 heavy (non-hydrogen) atoms. The van der Waals surface area contributed by atoms with E-state index >= 15 is 0 Å². The maximum Gasteiger partial charge on any atom is 0.258 e. The maximum atomic E-state index is 12.4. The van der Waals surface area contributed by atoms with Gasteiger partial charge in [-0.05, 0) is 11.1 Å². The van der Waals surface area contributed by atoms with Crippen LogP contribution in [-0.2, 0) is 11.8 Å². The first-order valence-corrected chi connectivity index (χ1v) is 9.09. The van der Waals surface area contributed by atoms with Gasteiger partial charge in [0, 0.05) is 24.1 Å². The first-order valence-electron chi connectivity index (χ1n) is 8.21. The third kappa shape index (κ3) is 2.71. The number of thiazole rings is 1. The second-order valence-electron chi connectivity index (χ2n) is 6.07. The molecule has 0 unspecified atom stereocenters. The Balaban J connectivity index is 1.90. The molecule has 0 fully saturated rings. The Hall–Kier alpha value is -3.23. The molecular weight excluding hydrogens is 342 g/mol. The van der Waals surface area contributed by atoms with E-state index in [0.29, 0.717) is 17.1 Å². The predicted molar refractivity (Wildman–Crippen MR) is 102 cm³/mol. The molecule has 0 saturated heterocycles. The Morgan fingerprint density at radius 3 is 2.23 bits per heavy atom. The number of nitriles is 1. The van der Waals surface area contributed by atoms with Crippen molar-refractivity contribution in [1.29, 1.82) is 5.26 Å². The summed E-state index contributed by atoms with van der Waals surface area (Å²) in [5.41, 5.74) is 1.37. The van der Waals surface area contributed by atoms with Gasteiger partial charge in [0.05, 0.1) is 11.8 Å². The van der Waals surface area contributed by atoms with Crippen LogP contribution in [0.5, 0.6) is 0 Å². The lowest BCUT2D eigenvalue weighted by molar-refractivity contribution is 0.640. The molecule has 0 saturated carbocycles. The van der Waals surface area contributed by atoms with Crippen molar-refractivity contribution in [2.75, 3.05) is 0 Å². The van der Waals surface area contributed by atoms with E-state index in [9.17, 15) is 10.1 Å². The highest BCUT2D eigenvalue weighted by atomic mass is 32.1. The van der Waals surface area contributed by atoms with E-state index in [2.05, 4.69) is 11.1 Å². The molecule has 0 aliphatic heterocycles. The largest absolute Gasteiger partial charge is 0.269 e. The van der Waals surface area contributed by atoms with Gasteiger partial charge in [0.1, 0.15) is 5.41 Å². The molecule has 5 heteroatoms. The number of hydrogen-bond acceptors (Lipinski definition) is 4. The topological polar surface area (TPSA) is 58.2 Å². The van der Waals surface area contributed by atoms with E-state index in [1.165, 1.54) is 21.8 Å². The molecule has 0 atom stereocenters. The minimum absolute atomic E-state index is 0.126. The highest BCUT2D eigenvalue weighted by molar-refractivity contribution is 7.15. The molecule has 0 aliphatic carbocycles. The summed E-state index contributed by atoms with van der Waals surface area (Å²) in [6.07, 6.45) is 2.05. The third-order valence-corrected chi connectivity index (χ3v) is 5.28. The zero-order valence-electron chi connectivity index (χ0n) is 13.9. The van der Waals surface area contributed by atoms with E-state index in [1.807, 2.05) is 66.0 Å². The maximum absolute atomic E-state index is 12.4. The van der Waals surface area contributed by atoms with Crippen LogP contribution in [-0.4, -0.2) is 9.38 Å². The number of hydrogen-bond donors (Lipinski definition) is 0. The first-order chi connectivity index (χ1) is 12.7. The summed E-state index contributed by atoms with van der Waals surface area (Å²) in [4.78, 5) is 17.6. The molecule has 4 nitrogen and oxygen atoms in total. The van der Waals surface area contributed by atoms with Crippen molar-refractivity contribution >= 4 is 16.3 Å². The van der Waals surface area contributed by atoms with Crippen LogP contribution in [0.2, 0.25) is 0 Å². The van der Waals surface area contributed by atoms with Gasteiger partial charge in [-0.3, -0.25) is 9.20 Å². The van der Waals surface area contributed by atoms with E-state index in [4.69, 9.17) is 0 Å². The van der Waals surface area contributed by atoms with Crippen LogP contribution in [0.15, 0.2) is 83.1 Å². The number of rotatable bonds is 4. The van der Waals surface area contributed by atoms with E-state index in [0.717, 1.165) is 11.1 Å². The number of aromatic nitrogens is 2. The molecule has 0 aliphatic rings. The zero-order valence-corrected chi connectivity index (χ0v) is 14.7. The van der Waals surface area contributed by atoms with Crippen LogP contribution in [0, 0.1) is 11.3 Å². The molecule has 0 bridgehead atoms. The Kier molecular flexibility index (Phi) is 4.11. The van der Waals surface area contributed by atoms with Crippen LogP contribution >= 0.6 is 11.3 Å². The van der Waals surface area contributed by atoms with Gasteiger partial charge in [0.25, 0.3) is 5.56 Å². The highest BCUT2D eigenvalue weighted by Gasteiger charge is 2.35. The summed E-state index contributed by atoms with van der Waals surface area (Å²) in [6.45, 7) is 0. The fraction of sp³-hybridized carbons (Fsp3) is 0.0952. The summed E-state index contributed by atoms with van der Waals surface area (Å²) in [5.74, 6) is 0. The smallest absolute Gasteiger partial charge is 0.258 e. The molecule has 0 N–H and O–H groups in total. The second-order valence-corrected chi connectivity index (χ2v) is 6.94. The number of fused-ring (bicyclic) bond motifs is 1. The highest BCUT2D eigenvalue weighted by Crippen LogP contribution is 2.35. The van der Waals surface area contributed by atoms with Crippen molar-refractivity contribution < 1.29 is 0 Å². The molecule has 4 rings (SSSR count). The molecule has 126 valence electrons. The summed E-state index contributed by atoms with van der Waals surface area (Å²) in [6, 6.07) is 23.4. The van der Waals surface area contributed by atoms with Crippen molar-refractivity contribution in [2.45, 2.75) is 11.8 Å². The molecule has 0 radical (unpaired) electrons. The lowest BCUT2D eigenvalue weighted by Gasteiger charge is -2.27. The third-order valence-electron chi connectivity index (χ3n) is 4.53. The molecule has 0 spiro atoms. The number of benzene rings is 2. The van der Waals surface area contributed by atoms with Gasteiger partial charge in [-0.2, -0.15) is 5.26 Å². The minimum atomic E-state index is -0.905. The van der Waals surface area contributed by atoms with E-state index in [-0.39, 0.29) is 5.56 Å². The summed E-state index contributed by atoms with van der Waals surface area (Å²) < 4.78 is 1.52.